The first kappa shape index (κ1) is 19.4. The Hall–Kier alpha value is -3.52. The molecule has 3 N–H and O–H groups in total. The van der Waals surface area contributed by atoms with Gasteiger partial charge in [-0.05, 0) is 47.6 Å². The number of rotatable bonds is 7. The number of aromatic amines is 1. The smallest absolute Gasteiger partial charge is 0.335 e. The molecule has 0 bridgehead atoms. The lowest BCUT2D eigenvalue weighted by molar-refractivity contribution is -0.133. The Balaban J connectivity index is 1.44. The van der Waals surface area contributed by atoms with Gasteiger partial charge in [-0.3, -0.25) is 0 Å². The topological polar surface area (TPSA) is 107 Å². The zero-order chi connectivity index (χ0) is 21.4. The summed E-state index contributed by atoms with van der Waals surface area (Å²) in [6, 6.07) is 16.1. The van der Waals surface area contributed by atoms with Gasteiger partial charge in [-0.25, -0.2) is 10.2 Å². The lowest BCUT2D eigenvalue weighted by Gasteiger charge is -2.22. The highest BCUT2D eigenvalue weighted by molar-refractivity contribution is 5.90. The Morgan fingerprint density at radius 2 is 1.87 bits per heavy atom. The van der Waals surface area contributed by atoms with Crippen LogP contribution in [-0.4, -0.2) is 49.3 Å². The molecule has 8 nitrogen and oxygen atoms in total. The number of nitrogens with zero attached hydrogens (tertiary/aromatic N) is 4. The third-order valence-corrected chi connectivity index (χ3v) is 6.03. The van der Waals surface area contributed by atoms with E-state index in [1.165, 1.54) is 0 Å². The minimum atomic E-state index is -0.819. The molecule has 2 aromatic carbocycles. The highest BCUT2D eigenvalue weighted by Crippen LogP contribution is 2.40. The van der Waals surface area contributed by atoms with Crippen molar-refractivity contribution in [3.63, 3.8) is 0 Å². The van der Waals surface area contributed by atoms with E-state index in [-0.39, 0.29) is 6.04 Å². The first-order valence-corrected chi connectivity index (χ1v) is 10.6. The van der Waals surface area contributed by atoms with Crippen LogP contribution in [0.5, 0.6) is 0 Å². The molecule has 1 atom stereocenters. The summed E-state index contributed by atoms with van der Waals surface area (Å²) in [4.78, 5) is 12.1. The van der Waals surface area contributed by atoms with Gasteiger partial charge < -0.3 is 10.1 Å². The van der Waals surface area contributed by atoms with Crippen molar-refractivity contribution in [1.29, 1.82) is 0 Å². The second-order valence-corrected chi connectivity index (χ2v) is 8.01. The number of carbonyl (C=O) groups is 1. The van der Waals surface area contributed by atoms with Crippen LogP contribution < -0.4 is 5.43 Å². The van der Waals surface area contributed by atoms with Crippen molar-refractivity contribution in [2.75, 3.05) is 6.54 Å². The maximum Gasteiger partial charge on any atom is 0.335 e. The third kappa shape index (κ3) is 3.70. The van der Waals surface area contributed by atoms with Crippen LogP contribution >= 0.6 is 0 Å². The molecule has 1 unspecified atom stereocenters. The van der Waals surface area contributed by atoms with Gasteiger partial charge in [-0.1, -0.05) is 48.5 Å². The van der Waals surface area contributed by atoms with E-state index >= 15 is 0 Å². The van der Waals surface area contributed by atoms with Gasteiger partial charge in [0.1, 0.15) is 0 Å². The fourth-order valence-electron chi connectivity index (χ4n) is 4.34. The van der Waals surface area contributed by atoms with E-state index in [0.29, 0.717) is 23.7 Å². The summed E-state index contributed by atoms with van der Waals surface area (Å²) in [5, 5.41) is 26.3. The predicted molar refractivity (Wildman–Crippen MR) is 115 cm³/mol. The van der Waals surface area contributed by atoms with Crippen molar-refractivity contribution in [2.24, 2.45) is 5.92 Å². The third-order valence-electron chi connectivity index (χ3n) is 6.03. The van der Waals surface area contributed by atoms with E-state index in [0.717, 1.165) is 47.3 Å². The average Bonchev–Trinajstić information content (AvgIpc) is 3.35. The van der Waals surface area contributed by atoms with Gasteiger partial charge >= 0.3 is 5.97 Å². The van der Waals surface area contributed by atoms with E-state index in [9.17, 15) is 9.90 Å². The van der Waals surface area contributed by atoms with Gasteiger partial charge in [0, 0.05) is 24.2 Å². The lowest BCUT2D eigenvalue weighted by Crippen LogP contribution is -2.39. The van der Waals surface area contributed by atoms with E-state index in [4.69, 9.17) is 0 Å². The summed E-state index contributed by atoms with van der Waals surface area (Å²) in [6.07, 6.45) is 2.76. The Kier molecular flexibility index (Phi) is 4.99. The van der Waals surface area contributed by atoms with E-state index in [1.54, 1.807) is 0 Å². The SMILES string of the molecule is CCN1NC(C2CC2)C(C(=O)O)=C1Cc1ccc(-c2ccccc2-c2nn[nH]n2)cc1. The molecule has 0 spiro atoms. The van der Waals surface area contributed by atoms with E-state index in [2.05, 4.69) is 50.3 Å². The lowest BCUT2D eigenvalue weighted by atomic mass is 9.96. The van der Waals surface area contributed by atoms with Crippen LogP contribution in [-0.2, 0) is 11.2 Å². The average molecular weight is 416 g/mol. The second-order valence-electron chi connectivity index (χ2n) is 8.01. The van der Waals surface area contributed by atoms with Crippen LogP contribution in [0.4, 0.5) is 0 Å². The molecular weight excluding hydrogens is 392 g/mol. The Bertz CT molecular complexity index is 1120. The van der Waals surface area contributed by atoms with Gasteiger partial charge in [-0.15, -0.1) is 10.2 Å². The van der Waals surface area contributed by atoms with Crippen LogP contribution in [0.15, 0.2) is 59.8 Å². The van der Waals surface area contributed by atoms with Crippen molar-refractivity contribution in [3.8, 4) is 22.5 Å². The molecule has 1 fully saturated rings. The van der Waals surface area contributed by atoms with Gasteiger partial charge in [0.05, 0.1) is 11.6 Å². The van der Waals surface area contributed by atoms with Crippen LogP contribution in [0, 0.1) is 5.92 Å². The Morgan fingerprint density at radius 3 is 2.48 bits per heavy atom. The van der Waals surface area contributed by atoms with Crippen LogP contribution in [0.3, 0.4) is 0 Å². The number of hydrogen-bond donors (Lipinski definition) is 3. The maximum atomic E-state index is 12.1. The summed E-state index contributed by atoms with van der Waals surface area (Å²) in [5.74, 6) is 0.167. The van der Waals surface area contributed by atoms with Crippen molar-refractivity contribution in [3.05, 3.63) is 65.4 Å². The zero-order valence-corrected chi connectivity index (χ0v) is 17.2. The van der Waals surface area contributed by atoms with Gasteiger partial charge in [-0.2, -0.15) is 5.21 Å². The van der Waals surface area contributed by atoms with Gasteiger partial charge in [0.15, 0.2) is 0 Å². The number of aliphatic carboxylic acids is 1. The predicted octanol–water partition coefficient (Wildman–Crippen LogP) is 3.03. The molecule has 158 valence electrons. The molecule has 2 heterocycles. The standard InChI is InChI=1S/C23H24N6O2/c1-2-29-19(20(23(30)31)21(26-29)16-11-12-16)13-14-7-9-15(10-8-14)17-5-3-4-6-18(17)22-24-27-28-25-22/h3-10,16,21,26H,2,11-13H2,1H3,(H,30,31)(H,24,25,27,28). The summed E-state index contributed by atoms with van der Waals surface area (Å²) >= 11 is 0. The number of likely N-dealkylation sites (N-methyl/N-ethyl adjacent to an activating group) is 1. The largest absolute Gasteiger partial charge is 0.478 e. The Labute approximate surface area is 180 Å². The number of aromatic nitrogens is 4. The number of carboxylic acid groups (broad SMARTS) is 1. The number of hydrazine groups is 1. The molecule has 0 saturated heterocycles. The number of carboxylic acids is 1. The van der Waals surface area contributed by atoms with Gasteiger partial charge in [0.2, 0.25) is 5.82 Å². The van der Waals surface area contributed by atoms with Crippen LogP contribution in [0.2, 0.25) is 0 Å². The van der Waals surface area contributed by atoms with Crippen molar-refractivity contribution < 1.29 is 9.90 Å². The number of nitrogens with one attached hydrogen (secondary N) is 2. The second kappa shape index (κ2) is 7.96. The van der Waals surface area contributed by atoms with Crippen LogP contribution in [0.1, 0.15) is 25.3 Å². The molecule has 2 aliphatic rings. The van der Waals surface area contributed by atoms with E-state index < -0.39 is 5.97 Å². The number of benzene rings is 2. The minimum Gasteiger partial charge on any atom is -0.478 e. The molecule has 1 aliphatic carbocycles. The summed E-state index contributed by atoms with van der Waals surface area (Å²) in [6.45, 7) is 2.77. The Morgan fingerprint density at radius 1 is 1.13 bits per heavy atom. The highest BCUT2D eigenvalue weighted by atomic mass is 16.4. The first-order chi connectivity index (χ1) is 15.2. The molecule has 1 aromatic heterocycles. The highest BCUT2D eigenvalue weighted by Gasteiger charge is 2.43. The first-order valence-electron chi connectivity index (χ1n) is 10.6. The number of hydrogen-bond acceptors (Lipinski definition) is 6. The van der Waals surface area contributed by atoms with Crippen LogP contribution in [0.25, 0.3) is 22.5 Å². The number of tetrazole rings is 1. The van der Waals surface area contributed by atoms with Crippen molar-refractivity contribution in [1.82, 2.24) is 31.1 Å². The van der Waals surface area contributed by atoms with Crippen molar-refractivity contribution in [2.45, 2.75) is 32.2 Å². The normalized spacial score (nSPS) is 18.6. The molecule has 5 rings (SSSR count). The zero-order valence-electron chi connectivity index (χ0n) is 17.2. The molecule has 3 aromatic rings. The number of allylic oxidation sites excluding steroid dienone is 1. The molecule has 1 aliphatic heterocycles. The molecule has 0 amide bonds. The summed E-state index contributed by atoms with van der Waals surface area (Å²) < 4.78 is 0. The molecule has 0 radical (unpaired) electrons. The maximum absolute atomic E-state index is 12.1. The summed E-state index contributed by atoms with van der Waals surface area (Å²) in [7, 11) is 0. The molecular formula is C23H24N6O2. The fraction of sp³-hybridized carbons (Fsp3) is 0.304. The summed E-state index contributed by atoms with van der Waals surface area (Å²) in [5.41, 5.74) is 8.86. The minimum absolute atomic E-state index is 0.0754. The number of H-pyrrole nitrogens is 1. The molecule has 8 heteroatoms. The van der Waals surface area contributed by atoms with Crippen molar-refractivity contribution >= 4 is 5.97 Å². The monoisotopic (exact) mass is 416 g/mol. The molecule has 1 saturated carbocycles. The molecule has 31 heavy (non-hydrogen) atoms. The quantitative estimate of drug-likeness (QED) is 0.543. The van der Waals surface area contributed by atoms with E-state index in [1.807, 2.05) is 36.2 Å². The fourth-order valence-corrected chi connectivity index (χ4v) is 4.34. The van der Waals surface area contributed by atoms with Gasteiger partial charge in [0.25, 0.3) is 0 Å².